The quantitative estimate of drug-likeness (QED) is 0.823. The molecule has 1 aliphatic rings. The fourth-order valence-electron chi connectivity index (χ4n) is 2.29. The lowest BCUT2D eigenvalue weighted by atomic mass is 10.2. The van der Waals surface area contributed by atoms with Gasteiger partial charge in [0, 0.05) is 24.8 Å². The fourth-order valence-corrected chi connectivity index (χ4v) is 2.29. The summed E-state index contributed by atoms with van der Waals surface area (Å²) in [7, 11) is 1.68. The summed E-state index contributed by atoms with van der Waals surface area (Å²) in [6, 6.07) is 8.04. The molecule has 1 saturated heterocycles. The van der Waals surface area contributed by atoms with E-state index in [4.69, 9.17) is 23.7 Å². The first-order chi connectivity index (χ1) is 11.4. The number of hydrogen-bond donors (Lipinski definition) is 0. The van der Waals surface area contributed by atoms with Crippen molar-refractivity contribution in [3.05, 3.63) is 24.3 Å². The summed E-state index contributed by atoms with van der Waals surface area (Å²) >= 11 is 0. The maximum atomic E-state index is 5.64. The van der Waals surface area contributed by atoms with Gasteiger partial charge in [-0.1, -0.05) is 6.07 Å². The minimum Gasteiger partial charge on any atom is -0.497 e. The van der Waals surface area contributed by atoms with Crippen molar-refractivity contribution < 1.29 is 23.7 Å². The zero-order valence-corrected chi connectivity index (χ0v) is 13.9. The van der Waals surface area contributed by atoms with E-state index in [1.165, 1.54) is 0 Å². The van der Waals surface area contributed by atoms with E-state index >= 15 is 0 Å². The Balaban J connectivity index is 1.90. The summed E-state index contributed by atoms with van der Waals surface area (Å²) in [5.74, 6) is 0.849. The van der Waals surface area contributed by atoms with E-state index in [0.29, 0.717) is 52.9 Å². The molecule has 0 radical (unpaired) electrons. The van der Waals surface area contributed by atoms with Crippen LogP contribution in [0, 0.1) is 0 Å². The second kappa shape index (κ2) is 11.2. The zero-order chi connectivity index (χ0) is 16.2. The summed E-state index contributed by atoms with van der Waals surface area (Å²) in [4.78, 5) is 2.24. The van der Waals surface area contributed by atoms with E-state index in [-0.39, 0.29) is 0 Å². The highest BCUT2D eigenvalue weighted by molar-refractivity contribution is 5.50. The molecule has 1 heterocycles. The summed E-state index contributed by atoms with van der Waals surface area (Å²) in [6.45, 7) is 6.48. The van der Waals surface area contributed by atoms with Gasteiger partial charge in [-0.15, -0.1) is 0 Å². The highest BCUT2D eigenvalue weighted by Gasteiger charge is 2.08. The van der Waals surface area contributed by atoms with Gasteiger partial charge in [0.1, 0.15) is 5.75 Å². The normalized spacial score (nSPS) is 19.6. The summed E-state index contributed by atoms with van der Waals surface area (Å²) in [6.07, 6.45) is 0. The van der Waals surface area contributed by atoms with E-state index in [1.807, 2.05) is 18.2 Å². The Morgan fingerprint density at radius 2 is 1.30 bits per heavy atom. The average molecular weight is 325 g/mol. The molecule has 1 aromatic carbocycles. The van der Waals surface area contributed by atoms with Gasteiger partial charge < -0.3 is 28.6 Å². The van der Waals surface area contributed by atoms with E-state index in [1.54, 1.807) is 7.11 Å². The predicted molar refractivity (Wildman–Crippen MR) is 88.5 cm³/mol. The third kappa shape index (κ3) is 7.18. The Kier molecular flexibility index (Phi) is 8.80. The Morgan fingerprint density at radius 3 is 1.83 bits per heavy atom. The van der Waals surface area contributed by atoms with E-state index < -0.39 is 0 Å². The van der Waals surface area contributed by atoms with Crippen LogP contribution < -0.4 is 9.64 Å². The molecule has 0 amide bonds. The molecule has 0 bridgehead atoms. The summed E-state index contributed by atoms with van der Waals surface area (Å²) in [5, 5.41) is 0. The maximum absolute atomic E-state index is 5.64. The van der Waals surface area contributed by atoms with Crippen LogP contribution in [0.2, 0.25) is 0 Å². The molecule has 0 N–H and O–H groups in total. The predicted octanol–water partition coefficient (Wildman–Crippen LogP) is 1.58. The van der Waals surface area contributed by atoms with Crippen molar-refractivity contribution in [1.82, 2.24) is 0 Å². The molecule has 0 aliphatic carbocycles. The maximum Gasteiger partial charge on any atom is 0.120 e. The van der Waals surface area contributed by atoms with E-state index in [0.717, 1.165) is 24.5 Å². The van der Waals surface area contributed by atoms with Crippen molar-refractivity contribution in [1.29, 1.82) is 0 Å². The molecule has 0 saturated carbocycles. The second-order valence-corrected chi connectivity index (χ2v) is 5.14. The van der Waals surface area contributed by atoms with Gasteiger partial charge in [0.15, 0.2) is 0 Å². The molecule has 23 heavy (non-hydrogen) atoms. The van der Waals surface area contributed by atoms with Gasteiger partial charge in [0.05, 0.1) is 60.0 Å². The van der Waals surface area contributed by atoms with E-state index in [9.17, 15) is 0 Å². The van der Waals surface area contributed by atoms with Crippen LogP contribution in [0.4, 0.5) is 5.69 Å². The third-order valence-electron chi connectivity index (χ3n) is 3.55. The van der Waals surface area contributed by atoms with Gasteiger partial charge in [-0.3, -0.25) is 0 Å². The number of ether oxygens (including phenoxy) is 5. The number of benzene rings is 1. The standard InChI is InChI=1S/C17H27NO5/c1-19-17-4-2-3-16(15-17)18-5-7-20-9-11-22-13-14-23-12-10-21-8-6-18/h2-4,15H,5-14H2,1H3. The van der Waals surface area contributed by atoms with Gasteiger partial charge in [-0.2, -0.15) is 0 Å². The third-order valence-corrected chi connectivity index (χ3v) is 3.55. The molecule has 0 atom stereocenters. The average Bonchev–Trinajstić information content (AvgIpc) is 2.60. The van der Waals surface area contributed by atoms with Crippen molar-refractivity contribution >= 4 is 5.69 Å². The zero-order valence-electron chi connectivity index (χ0n) is 13.9. The van der Waals surface area contributed by atoms with Crippen LogP contribution in [0.1, 0.15) is 0 Å². The molecular formula is C17H27NO5. The molecule has 0 spiro atoms. The smallest absolute Gasteiger partial charge is 0.120 e. The molecule has 1 aliphatic heterocycles. The van der Waals surface area contributed by atoms with Gasteiger partial charge >= 0.3 is 0 Å². The second-order valence-electron chi connectivity index (χ2n) is 5.14. The van der Waals surface area contributed by atoms with Crippen LogP contribution in [0.3, 0.4) is 0 Å². The minimum atomic E-state index is 0.596. The Labute approximate surface area is 138 Å². The summed E-state index contributed by atoms with van der Waals surface area (Å²) in [5.41, 5.74) is 1.10. The van der Waals surface area contributed by atoms with Crippen molar-refractivity contribution in [2.45, 2.75) is 0 Å². The highest BCUT2D eigenvalue weighted by atomic mass is 16.6. The number of nitrogens with zero attached hydrogens (tertiary/aromatic N) is 1. The van der Waals surface area contributed by atoms with Crippen LogP contribution in [0.15, 0.2) is 24.3 Å². The van der Waals surface area contributed by atoms with Crippen LogP contribution in [-0.2, 0) is 18.9 Å². The number of methoxy groups -OCH3 is 1. The summed E-state index contributed by atoms with van der Waals surface area (Å²) < 4.78 is 27.4. The van der Waals surface area contributed by atoms with Gasteiger partial charge in [0.2, 0.25) is 0 Å². The highest BCUT2D eigenvalue weighted by Crippen LogP contribution is 2.20. The lowest BCUT2D eigenvalue weighted by molar-refractivity contribution is 0.00206. The first-order valence-corrected chi connectivity index (χ1v) is 8.10. The largest absolute Gasteiger partial charge is 0.497 e. The molecule has 2 rings (SSSR count). The monoisotopic (exact) mass is 325 g/mol. The van der Waals surface area contributed by atoms with Crippen molar-refractivity contribution in [2.24, 2.45) is 0 Å². The Bertz CT molecular complexity index is 413. The lowest BCUT2D eigenvalue weighted by Crippen LogP contribution is -2.31. The molecule has 6 nitrogen and oxygen atoms in total. The molecule has 1 fully saturated rings. The number of rotatable bonds is 2. The van der Waals surface area contributed by atoms with Crippen LogP contribution in [-0.4, -0.2) is 73.1 Å². The van der Waals surface area contributed by atoms with Crippen molar-refractivity contribution in [2.75, 3.05) is 78.0 Å². The number of anilines is 1. The molecule has 0 aromatic heterocycles. The first-order valence-electron chi connectivity index (χ1n) is 8.10. The topological polar surface area (TPSA) is 49.4 Å². The molecule has 0 unspecified atom stereocenters. The number of hydrogen-bond acceptors (Lipinski definition) is 6. The van der Waals surface area contributed by atoms with Crippen LogP contribution >= 0.6 is 0 Å². The lowest BCUT2D eigenvalue weighted by Gasteiger charge is -2.25. The fraction of sp³-hybridized carbons (Fsp3) is 0.647. The SMILES string of the molecule is COc1cccc(N2CCOCCOCCOCCOCC2)c1. The van der Waals surface area contributed by atoms with Crippen molar-refractivity contribution in [3.63, 3.8) is 0 Å². The molecular weight excluding hydrogens is 298 g/mol. The minimum absolute atomic E-state index is 0.596. The van der Waals surface area contributed by atoms with Crippen LogP contribution in [0.5, 0.6) is 5.75 Å². The van der Waals surface area contributed by atoms with Gasteiger partial charge in [-0.25, -0.2) is 0 Å². The Morgan fingerprint density at radius 1 is 0.783 bits per heavy atom. The molecule has 130 valence electrons. The van der Waals surface area contributed by atoms with Gasteiger partial charge in [-0.05, 0) is 12.1 Å². The van der Waals surface area contributed by atoms with E-state index in [2.05, 4.69) is 11.0 Å². The Hall–Kier alpha value is -1.34. The van der Waals surface area contributed by atoms with Crippen LogP contribution in [0.25, 0.3) is 0 Å². The molecule has 1 aromatic rings. The van der Waals surface area contributed by atoms with Crippen molar-refractivity contribution in [3.8, 4) is 5.75 Å². The van der Waals surface area contributed by atoms with Gasteiger partial charge in [0.25, 0.3) is 0 Å². The first kappa shape index (κ1) is 18.0. The molecule has 6 heteroatoms.